The number of carbonyl (C=O) groups excluding carboxylic acids is 3. The lowest BCUT2D eigenvalue weighted by atomic mass is 10.1. The van der Waals surface area contributed by atoms with Gasteiger partial charge in [0.25, 0.3) is 11.8 Å². The number of nitrogens with one attached hydrogen (secondary N) is 3. The summed E-state index contributed by atoms with van der Waals surface area (Å²) in [6.45, 7) is 1.39. The number of amides is 3. The van der Waals surface area contributed by atoms with Gasteiger partial charge in [-0.05, 0) is 48.5 Å². The lowest BCUT2D eigenvalue weighted by Crippen LogP contribution is -2.16. The minimum atomic E-state index is -0.480. The van der Waals surface area contributed by atoms with Crippen LogP contribution in [0.15, 0.2) is 67.0 Å². The summed E-state index contributed by atoms with van der Waals surface area (Å²) in [5.74, 6) is -1.58. The molecule has 0 saturated heterocycles. The average Bonchev–Trinajstić information content (AvgIpc) is 2.69. The van der Waals surface area contributed by atoms with Crippen LogP contribution >= 0.6 is 0 Å². The molecule has 146 valence electrons. The number of halogens is 1. The minimum Gasteiger partial charge on any atom is -0.326 e. The van der Waals surface area contributed by atoms with Crippen LogP contribution in [-0.2, 0) is 4.79 Å². The summed E-state index contributed by atoms with van der Waals surface area (Å²) in [6, 6.07) is 13.4. The number of pyridine rings is 1. The molecule has 7 nitrogen and oxygen atoms in total. The fourth-order valence-electron chi connectivity index (χ4n) is 2.51. The number of aromatic nitrogens is 1. The quantitative estimate of drug-likeness (QED) is 0.617. The van der Waals surface area contributed by atoms with E-state index in [1.165, 1.54) is 49.6 Å². The third-order valence-electron chi connectivity index (χ3n) is 3.81. The standard InChI is InChI=1S/C21H17FN4O3/c1-13(27)24-18-3-2-4-19(10-18)26-21(29)15-9-14(11-23-12-15)20(28)25-17-7-5-16(22)6-8-17/h2-12H,1H3,(H,24,27)(H,25,28)(H,26,29). The number of hydrogen-bond donors (Lipinski definition) is 3. The van der Waals surface area contributed by atoms with Gasteiger partial charge < -0.3 is 16.0 Å². The molecule has 1 heterocycles. The maximum absolute atomic E-state index is 13.0. The Morgan fingerprint density at radius 2 is 1.31 bits per heavy atom. The first-order valence-corrected chi connectivity index (χ1v) is 8.62. The Hall–Kier alpha value is -4.07. The first-order chi connectivity index (χ1) is 13.9. The molecule has 0 radical (unpaired) electrons. The minimum absolute atomic E-state index is 0.175. The van der Waals surface area contributed by atoms with E-state index < -0.39 is 17.6 Å². The Labute approximate surface area is 166 Å². The summed E-state index contributed by atoms with van der Waals surface area (Å²) in [6.07, 6.45) is 2.66. The second-order valence-electron chi connectivity index (χ2n) is 6.14. The van der Waals surface area contributed by atoms with E-state index in [0.29, 0.717) is 17.1 Å². The largest absolute Gasteiger partial charge is 0.326 e. The van der Waals surface area contributed by atoms with Crippen molar-refractivity contribution in [2.24, 2.45) is 0 Å². The molecule has 3 rings (SSSR count). The smallest absolute Gasteiger partial charge is 0.257 e. The van der Waals surface area contributed by atoms with Crippen molar-refractivity contribution < 1.29 is 18.8 Å². The second-order valence-corrected chi connectivity index (χ2v) is 6.14. The van der Waals surface area contributed by atoms with Crippen LogP contribution in [0.5, 0.6) is 0 Å². The first-order valence-electron chi connectivity index (χ1n) is 8.62. The van der Waals surface area contributed by atoms with Gasteiger partial charge in [-0.1, -0.05) is 6.07 Å². The van der Waals surface area contributed by atoms with Gasteiger partial charge in [0.15, 0.2) is 0 Å². The molecule has 0 bridgehead atoms. The zero-order valence-electron chi connectivity index (χ0n) is 15.4. The van der Waals surface area contributed by atoms with E-state index in [-0.39, 0.29) is 17.0 Å². The molecule has 2 aromatic carbocycles. The SMILES string of the molecule is CC(=O)Nc1cccc(NC(=O)c2cncc(C(=O)Nc3ccc(F)cc3)c2)c1. The second kappa shape index (κ2) is 8.75. The summed E-state index contributed by atoms with van der Waals surface area (Å²) in [7, 11) is 0. The topological polar surface area (TPSA) is 100 Å². The van der Waals surface area contributed by atoms with E-state index in [1.54, 1.807) is 24.3 Å². The molecule has 0 unspecified atom stereocenters. The summed E-state index contributed by atoms with van der Waals surface area (Å²) < 4.78 is 13.0. The van der Waals surface area contributed by atoms with Crippen molar-refractivity contribution >= 4 is 34.8 Å². The maximum Gasteiger partial charge on any atom is 0.257 e. The van der Waals surface area contributed by atoms with E-state index in [0.717, 1.165) is 0 Å². The van der Waals surface area contributed by atoms with Gasteiger partial charge in [0.2, 0.25) is 5.91 Å². The fraction of sp³-hybridized carbons (Fsp3) is 0.0476. The Morgan fingerprint density at radius 1 is 0.759 bits per heavy atom. The van der Waals surface area contributed by atoms with Crippen LogP contribution in [-0.4, -0.2) is 22.7 Å². The molecule has 1 aromatic heterocycles. The molecule has 0 aliphatic rings. The van der Waals surface area contributed by atoms with Crippen LogP contribution in [0.4, 0.5) is 21.5 Å². The highest BCUT2D eigenvalue weighted by Crippen LogP contribution is 2.17. The van der Waals surface area contributed by atoms with E-state index in [2.05, 4.69) is 20.9 Å². The highest BCUT2D eigenvalue weighted by Gasteiger charge is 2.12. The van der Waals surface area contributed by atoms with Crippen LogP contribution in [0.3, 0.4) is 0 Å². The summed E-state index contributed by atoms with van der Waals surface area (Å²) in [5, 5.41) is 7.93. The van der Waals surface area contributed by atoms with Crippen molar-refractivity contribution in [2.75, 3.05) is 16.0 Å². The number of hydrogen-bond acceptors (Lipinski definition) is 4. The lowest BCUT2D eigenvalue weighted by molar-refractivity contribution is -0.114. The molecule has 0 fully saturated rings. The third-order valence-corrected chi connectivity index (χ3v) is 3.81. The average molecular weight is 392 g/mol. The van der Waals surface area contributed by atoms with Gasteiger partial charge in [-0.25, -0.2) is 4.39 Å². The molecule has 8 heteroatoms. The monoisotopic (exact) mass is 392 g/mol. The van der Waals surface area contributed by atoms with Gasteiger partial charge >= 0.3 is 0 Å². The Balaban J connectivity index is 1.71. The molecule has 3 N–H and O–H groups in total. The molecule has 0 saturated carbocycles. The van der Waals surface area contributed by atoms with Crippen LogP contribution in [0.25, 0.3) is 0 Å². The Morgan fingerprint density at radius 3 is 1.90 bits per heavy atom. The molecule has 29 heavy (non-hydrogen) atoms. The molecule has 0 aliphatic heterocycles. The summed E-state index contributed by atoms with van der Waals surface area (Å²) in [5.41, 5.74) is 1.79. The fourth-order valence-corrected chi connectivity index (χ4v) is 2.51. The predicted molar refractivity (Wildman–Crippen MR) is 107 cm³/mol. The van der Waals surface area contributed by atoms with E-state index in [9.17, 15) is 18.8 Å². The van der Waals surface area contributed by atoms with Crippen LogP contribution in [0.1, 0.15) is 27.6 Å². The Kier molecular flexibility index (Phi) is 5.94. The van der Waals surface area contributed by atoms with E-state index >= 15 is 0 Å². The van der Waals surface area contributed by atoms with Crippen LogP contribution in [0, 0.1) is 5.82 Å². The molecular weight excluding hydrogens is 375 g/mol. The molecule has 3 aromatic rings. The van der Waals surface area contributed by atoms with Gasteiger partial charge in [0.1, 0.15) is 5.82 Å². The van der Waals surface area contributed by atoms with Crippen LogP contribution in [0.2, 0.25) is 0 Å². The van der Waals surface area contributed by atoms with Crippen molar-refractivity contribution in [3.05, 3.63) is 83.9 Å². The van der Waals surface area contributed by atoms with Gasteiger partial charge in [0.05, 0.1) is 11.1 Å². The third kappa shape index (κ3) is 5.46. The zero-order valence-corrected chi connectivity index (χ0v) is 15.4. The Bertz CT molecular complexity index is 1070. The highest BCUT2D eigenvalue weighted by molar-refractivity contribution is 6.08. The predicted octanol–water partition coefficient (Wildman–Crippen LogP) is 3.68. The summed E-state index contributed by atoms with van der Waals surface area (Å²) in [4.78, 5) is 40.0. The van der Waals surface area contributed by atoms with Gasteiger partial charge in [-0.15, -0.1) is 0 Å². The number of anilines is 3. The van der Waals surface area contributed by atoms with Crippen molar-refractivity contribution in [3.8, 4) is 0 Å². The molecule has 3 amide bonds. The zero-order chi connectivity index (χ0) is 20.8. The maximum atomic E-state index is 13.0. The molecule has 0 spiro atoms. The van der Waals surface area contributed by atoms with E-state index in [1.807, 2.05) is 0 Å². The normalized spacial score (nSPS) is 10.1. The number of nitrogens with zero attached hydrogens (tertiary/aromatic N) is 1. The van der Waals surface area contributed by atoms with Crippen molar-refractivity contribution in [2.45, 2.75) is 6.92 Å². The molecule has 0 atom stereocenters. The van der Waals surface area contributed by atoms with Crippen molar-refractivity contribution in [1.29, 1.82) is 0 Å². The number of benzene rings is 2. The van der Waals surface area contributed by atoms with Gasteiger partial charge in [-0.2, -0.15) is 0 Å². The van der Waals surface area contributed by atoms with Crippen molar-refractivity contribution in [3.63, 3.8) is 0 Å². The van der Waals surface area contributed by atoms with Gasteiger partial charge in [-0.3, -0.25) is 19.4 Å². The summed E-state index contributed by atoms with van der Waals surface area (Å²) >= 11 is 0. The molecular formula is C21H17FN4O3. The molecule has 0 aliphatic carbocycles. The van der Waals surface area contributed by atoms with Crippen LogP contribution < -0.4 is 16.0 Å². The van der Waals surface area contributed by atoms with E-state index in [4.69, 9.17) is 0 Å². The number of carbonyl (C=O) groups is 3. The first kappa shape index (κ1) is 19.7. The number of rotatable bonds is 5. The van der Waals surface area contributed by atoms with Crippen molar-refractivity contribution in [1.82, 2.24) is 4.98 Å². The highest BCUT2D eigenvalue weighted by atomic mass is 19.1. The lowest BCUT2D eigenvalue weighted by Gasteiger charge is -2.09. The van der Waals surface area contributed by atoms with Gasteiger partial charge in [0, 0.05) is 36.4 Å².